The molecule has 2 atom stereocenters. The second kappa shape index (κ2) is 11.9. The largest absolute Gasteiger partial charge is 0.493 e. The van der Waals surface area contributed by atoms with Crippen LogP contribution < -0.4 is 24.8 Å². The van der Waals surface area contributed by atoms with Crippen molar-refractivity contribution in [3.05, 3.63) is 77.6 Å². The summed E-state index contributed by atoms with van der Waals surface area (Å²) in [6, 6.07) is 16.0. The molecule has 10 nitrogen and oxygen atoms in total. The lowest BCUT2D eigenvalue weighted by Crippen LogP contribution is -2.58. The molecular formula is C29H32N4O6. The molecule has 3 N–H and O–H groups in total. The molecule has 0 aliphatic carbocycles. The first kappa shape index (κ1) is 26.1. The van der Waals surface area contributed by atoms with Gasteiger partial charge in [0.2, 0.25) is 5.91 Å². The van der Waals surface area contributed by atoms with Crippen molar-refractivity contribution in [1.29, 1.82) is 0 Å². The number of aromatic amines is 1. The Hall–Kier alpha value is -4.47. The van der Waals surface area contributed by atoms with Gasteiger partial charge in [0.1, 0.15) is 17.5 Å². The van der Waals surface area contributed by atoms with Gasteiger partial charge in [0.15, 0.2) is 18.1 Å². The number of hydrogen-bond donors (Lipinski definition) is 3. The molecule has 2 aromatic carbocycles. The Balaban J connectivity index is 1.37. The van der Waals surface area contributed by atoms with Gasteiger partial charge in [-0.2, -0.15) is 0 Å². The van der Waals surface area contributed by atoms with Crippen molar-refractivity contribution in [1.82, 2.24) is 20.5 Å². The number of ether oxygens (including phenoxy) is 3. The van der Waals surface area contributed by atoms with Gasteiger partial charge in [0.25, 0.3) is 11.8 Å². The van der Waals surface area contributed by atoms with Gasteiger partial charge in [-0.3, -0.25) is 14.4 Å². The Kier molecular flexibility index (Phi) is 8.00. The number of likely N-dealkylation sites (tertiary alicyclic amines) is 1. The summed E-state index contributed by atoms with van der Waals surface area (Å²) in [6.45, 7) is 0.948. The van der Waals surface area contributed by atoms with Crippen LogP contribution in [0.3, 0.4) is 0 Å². The van der Waals surface area contributed by atoms with E-state index in [1.165, 1.54) is 7.11 Å². The van der Waals surface area contributed by atoms with Crippen LogP contribution in [0, 0.1) is 0 Å². The highest BCUT2D eigenvalue weighted by Crippen LogP contribution is 2.29. The topological polar surface area (TPSA) is 122 Å². The van der Waals surface area contributed by atoms with E-state index in [-0.39, 0.29) is 37.0 Å². The van der Waals surface area contributed by atoms with Crippen molar-refractivity contribution in [2.75, 3.05) is 26.8 Å². The molecule has 4 bridgehead atoms. The Labute approximate surface area is 226 Å². The first-order chi connectivity index (χ1) is 19.0. The number of aromatic nitrogens is 1. The van der Waals surface area contributed by atoms with Crippen LogP contribution in [-0.2, 0) is 22.6 Å². The molecule has 0 radical (unpaired) electrons. The summed E-state index contributed by atoms with van der Waals surface area (Å²) in [5.41, 5.74) is 2.37. The second-order valence-electron chi connectivity index (χ2n) is 9.65. The number of carbonyl (C=O) groups excluding carboxylic acids is 3. The van der Waals surface area contributed by atoms with Crippen LogP contribution in [-0.4, -0.2) is 66.6 Å². The summed E-state index contributed by atoms with van der Waals surface area (Å²) in [4.78, 5) is 43.1. The van der Waals surface area contributed by atoms with E-state index in [2.05, 4.69) is 15.6 Å². The Morgan fingerprint density at radius 2 is 1.85 bits per heavy atom. The highest BCUT2D eigenvalue weighted by atomic mass is 16.5. The van der Waals surface area contributed by atoms with E-state index in [1.54, 1.807) is 29.3 Å². The molecular weight excluding hydrogens is 500 g/mol. The number of H-pyrrole nitrogens is 1. The van der Waals surface area contributed by atoms with Crippen LogP contribution in [0.2, 0.25) is 0 Å². The van der Waals surface area contributed by atoms with Gasteiger partial charge in [-0.1, -0.05) is 18.2 Å². The third kappa shape index (κ3) is 6.51. The lowest BCUT2D eigenvalue weighted by atomic mass is 10.0. The zero-order valence-electron chi connectivity index (χ0n) is 21.8. The second-order valence-corrected chi connectivity index (χ2v) is 9.65. The number of aryl methyl sites for hydroxylation is 1. The van der Waals surface area contributed by atoms with Crippen molar-refractivity contribution in [3.8, 4) is 17.2 Å². The van der Waals surface area contributed by atoms with Crippen LogP contribution in [0.15, 0.2) is 60.8 Å². The van der Waals surface area contributed by atoms with Crippen LogP contribution in [0.5, 0.6) is 17.2 Å². The van der Waals surface area contributed by atoms with Gasteiger partial charge in [-0.05, 0) is 53.9 Å². The number of methoxy groups -OCH3 is 1. The van der Waals surface area contributed by atoms with E-state index < -0.39 is 6.04 Å². The molecule has 1 fully saturated rings. The quantitative estimate of drug-likeness (QED) is 0.466. The average Bonchev–Trinajstić information content (AvgIpc) is 3.50. The standard InChI is InChI=1S/C29H32N4O6/c1-37-26-15-19-6-10-25(26)38-18-28(35)32-23-17-33(29(36)22-3-2-13-30-22)14-12-24(23)39-21-8-4-20(5-9-21)16-31-27(34)11-7-19/h2-6,8-10,13,15,23-24,30H,7,11-12,14,16-18H2,1H3,(H,31,34)(H,32,35)/t23-,24-/m1/s1. The third-order valence-corrected chi connectivity index (χ3v) is 6.94. The zero-order valence-corrected chi connectivity index (χ0v) is 21.8. The number of piperidine rings is 1. The normalized spacial score (nSPS) is 20.2. The van der Waals surface area contributed by atoms with E-state index in [9.17, 15) is 14.4 Å². The summed E-state index contributed by atoms with van der Waals surface area (Å²) in [5, 5.41) is 5.97. The van der Waals surface area contributed by atoms with Crippen molar-refractivity contribution in [2.45, 2.75) is 38.0 Å². The van der Waals surface area contributed by atoms with E-state index in [0.717, 1.165) is 11.1 Å². The molecule has 10 heteroatoms. The fourth-order valence-electron chi connectivity index (χ4n) is 4.81. The average molecular weight is 533 g/mol. The van der Waals surface area contributed by atoms with Gasteiger partial charge in [-0.15, -0.1) is 0 Å². The number of benzene rings is 2. The maximum atomic E-state index is 13.0. The van der Waals surface area contributed by atoms with Crippen molar-refractivity contribution >= 4 is 17.7 Å². The SMILES string of the molecule is COc1cc2ccc1OCC(=O)N[C@@H]1CN(C(=O)c3ccc[nH]3)CC[C@H]1Oc1ccc(cc1)CNC(=O)CC2. The molecule has 3 amide bonds. The summed E-state index contributed by atoms with van der Waals surface area (Å²) >= 11 is 0. The van der Waals surface area contributed by atoms with Crippen LogP contribution >= 0.6 is 0 Å². The number of nitrogens with zero attached hydrogens (tertiary/aromatic N) is 1. The molecule has 1 aromatic heterocycles. The number of amides is 3. The zero-order chi connectivity index (χ0) is 27.2. The first-order valence-electron chi connectivity index (χ1n) is 13.0. The van der Waals surface area contributed by atoms with Crippen molar-refractivity contribution in [3.63, 3.8) is 0 Å². The van der Waals surface area contributed by atoms with Gasteiger partial charge in [0, 0.05) is 38.7 Å². The predicted octanol–water partition coefficient (Wildman–Crippen LogP) is 2.44. The lowest BCUT2D eigenvalue weighted by Gasteiger charge is -2.38. The summed E-state index contributed by atoms with van der Waals surface area (Å²) in [6.07, 6.45) is 2.76. The van der Waals surface area contributed by atoms with E-state index >= 15 is 0 Å². The highest BCUT2D eigenvalue weighted by molar-refractivity contribution is 5.92. The van der Waals surface area contributed by atoms with Crippen molar-refractivity contribution < 1.29 is 28.6 Å². The van der Waals surface area contributed by atoms with Crippen LogP contribution in [0.4, 0.5) is 0 Å². The fraction of sp³-hybridized carbons (Fsp3) is 0.345. The minimum atomic E-state index is -0.456. The number of rotatable bonds is 2. The van der Waals surface area contributed by atoms with E-state index in [0.29, 0.717) is 55.3 Å². The van der Waals surface area contributed by atoms with Crippen LogP contribution in [0.25, 0.3) is 0 Å². The minimum absolute atomic E-state index is 0.0517. The fourth-order valence-corrected chi connectivity index (χ4v) is 4.81. The molecule has 0 spiro atoms. The number of hydrogen-bond acceptors (Lipinski definition) is 6. The minimum Gasteiger partial charge on any atom is -0.493 e. The molecule has 39 heavy (non-hydrogen) atoms. The van der Waals surface area contributed by atoms with Gasteiger partial charge in [-0.25, -0.2) is 0 Å². The maximum absolute atomic E-state index is 13.0. The van der Waals surface area contributed by atoms with E-state index in [1.807, 2.05) is 36.4 Å². The number of nitrogens with one attached hydrogen (secondary N) is 3. The third-order valence-electron chi connectivity index (χ3n) is 6.94. The first-order valence-corrected chi connectivity index (χ1v) is 13.0. The molecule has 1 saturated heterocycles. The molecule has 0 unspecified atom stereocenters. The molecule has 204 valence electrons. The molecule has 6 heterocycles. The van der Waals surface area contributed by atoms with Gasteiger partial charge < -0.3 is 34.7 Å². The summed E-state index contributed by atoms with van der Waals surface area (Å²) < 4.78 is 17.5. The molecule has 3 aromatic rings. The number of carbonyl (C=O) groups is 3. The summed E-state index contributed by atoms with van der Waals surface area (Å²) in [7, 11) is 1.53. The molecule has 5 aliphatic heterocycles. The van der Waals surface area contributed by atoms with Gasteiger partial charge in [0.05, 0.1) is 13.2 Å². The Morgan fingerprint density at radius 1 is 1.03 bits per heavy atom. The van der Waals surface area contributed by atoms with Crippen molar-refractivity contribution in [2.24, 2.45) is 0 Å². The predicted molar refractivity (Wildman–Crippen MR) is 143 cm³/mol. The highest BCUT2D eigenvalue weighted by Gasteiger charge is 2.34. The molecule has 8 rings (SSSR count). The Bertz CT molecular complexity index is 1310. The van der Waals surface area contributed by atoms with Gasteiger partial charge >= 0.3 is 0 Å². The smallest absolute Gasteiger partial charge is 0.270 e. The molecule has 5 aliphatic rings. The Morgan fingerprint density at radius 3 is 2.62 bits per heavy atom. The summed E-state index contributed by atoms with van der Waals surface area (Å²) in [5.74, 6) is 1.03. The maximum Gasteiger partial charge on any atom is 0.270 e. The van der Waals surface area contributed by atoms with Crippen LogP contribution in [0.1, 0.15) is 34.5 Å². The van der Waals surface area contributed by atoms with E-state index in [4.69, 9.17) is 14.2 Å². The lowest BCUT2D eigenvalue weighted by molar-refractivity contribution is -0.125. The molecule has 0 saturated carbocycles. The monoisotopic (exact) mass is 532 g/mol.